The lowest BCUT2D eigenvalue weighted by atomic mass is 9.84. The number of benzene rings is 2. The molecule has 0 radical (unpaired) electrons. The number of likely N-dealkylation sites (N-methyl/N-ethyl adjacent to an activating group) is 1. The Balaban J connectivity index is 1.41. The molecular weight excluding hydrogens is 712 g/mol. The summed E-state index contributed by atoms with van der Waals surface area (Å²) < 4.78 is 39.3. The smallest absolute Gasteiger partial charge is 0.289 e. The molecule has 2 aromatic rings. The fourth-order valence-corrected chi connectivity index (χ4v) is 7.54. The van der Waals surface area contributed by atoms with E-state index in [2.05, 4.69) is 20.3 Å². The van der Waals surface area contributed by atoms with E-state index < -0.39 is 68.9 Å². The van der Waals surface area contributed by atoms with Crippen molar-refractivity contribution in [2.75, 3.05) is 26.9 Å². The zero-order chi connectivity index (χ0) is 38.4. The summed E-state index contributed by atoms with van der Waals surface area (Å²) >= 11 is 0. The summed E-state index contributed by atoms with van der Waals surface area (Å²) in [6.07, 6.45) is 4.97. The van der Waals surface area contributed by atoms with E-state index in [-0.39, 0.29) is 45.1 Å². The molecule has 53 heavy (non-hydrogen) atoms. The fraction of sp³-hybridized carbons (Fsp3) is 0.500. The summed E-state index contributed by atoms with van der Waals surface area (Å²) in [7, 11) is -2.74. The molecule has 18 nitrogen and oxygen atoms in total. The molecule has 1 aliphatic heterocycles. The molecule has 1 aliphatic carbocycles. The number of carbonyl (C=O) groups is 4. The third kappa shape index (κ3) is 13.3. The molecule has 0 bridgehead atoms. The predicted molar refractivity (Wildman–Crippen MR) is 192 cm³/mol. The van der Waals surface area contributed by atoms with Crippen molar-refractivity contribution in [3.63, 3.8) is 0 Å². The minimum atomic E-state index is -4.06. The first-order chi connectivity index (χ1) is 25.3. The van der Waals surface area contributed by atoms with Gasteiger partial charge in [0, 0.05) is 20.1 Å². The average Bonchev–Trinajstić information content (AvgIpc) is 3.59. The Bertz CT molecular complexity index is 1750. The minimum Gasteiger partial charge on any atom is -0.454 e. The number of hydrazine groups is 1. The van der Waals surface area contributed by atoms with Crippen LogP contribution in [0.2, 0.25) is 0 Å². The Kier molecular flexibility index (Phi) is 14.9. The molecule has 1 saturated carbocycles. The SMILES string of the molecule is CN(CC(=O)N[C@@H](CC1CCCCC1)C(=O)C(=O)NCc1ccc2c(c1)OCO2)C(=O)[C@H](CCCN=C(N)N[N+](=O)[O-])NS(=O)(=O)Cc1ccccc1. The number of carbonyl (C=O) groups excluding carboxylic acids is 4. The van der Waals surface area contributed by atoms with Gasteiger partial charge in [0.05, 0.1) is 18.3 Å². The Morgan fingerprint density at radius 1 is 1.02 bits per heavy atom. The zero-order valence-corrected chi connectivity index (χ0v) is 30.3. The first-order valence-corrected chi connectivity index (χ1v) is 18.9. The number of nitrogens with one attached hydrogen (secondary N) is 4. The highest BCUT2D eigenvalue weighted by atomic mass is 32.2. The number of hydrogen-bond donors (Lipinski definition) is 5. The van der Waals surface area contributed by atoms with Crippen LogP contribution in [-0.2, 0) is 41.5 Å². The normalized spacial score (nSPS) is 15.5. The van der Waals surface area contributed by atoms with E-state index in [0.717, 1.165) is 37.0 Å². The van der Waals surface area contributed by atoms with Crippen molar-refractivity contribution in [2.24, 2.45) is 16.6 Å². The third-order valence-electron chi connectivity index (χ3n) is 8.77. The van der Waals surface area contributed by atoms with Crippen LogP contribution < -0.4 is 36.0 Å². The average molecular weight is 759 g/mol. The van der Waals surface area contributed by atoms with Gasteiger partial charge in [0.2, 0.25) is 34.4 Å². The minimum absolute atomic E-state index is 0.0360. The molecule has 19 heteroatoms. The number of Topliss-reactive ketones (excluding diaryl/α,β-unsaturated/α-hetero) is 1. The van der Waals surface area contributed by atoms with Gasteiger partial charge >= 0.3 is 0 Å². The highest BCUT2D eigenvalue weighted by molar-refractivity contribution is 7.88. The van der Waals surface area contributed by atoms with Gasteiger partial charge in [0.1, 0.15) is 6.04 Å². The van der Waals surface area contributed by atoms with E-state index in [9.17, 15) is 37.7 Å². The molecule has 1 heterocycles. The lowest BCUT2D eigenvalue weighted by molar-refractivity contribution is -0.525. The Morgan fingerprint density at radius 3 is 2.45 bits per heavy atom. The molecule has 1 fully saturated rings. The number of nitrogens with zero attached hydrogens (tertiary/aromatic N) is 3. The predicted octanol–water partition coefficient (Wildman–Crippen LogP) is 0.879. The second-order valence-electron chi connectivity index (χ2n) is 13.0. The maximum atomic E-state index is 13.6. The van der Waals surface area contributed by atoms with Gasteiger partial charge < -0.3 is 30.7 Å². The van der Waals surface area contributed by atoms with Gasteiger partial charge in [0.25, 0.3) is 11.9 Å². The van der Waals surface area contributed by atoms with Gasteiger partial charge in [-0.2, -0.15) is 0 Å². The maximum Gasteiger partial charge on any atom is 0.289 e. The number of nitrogens with two attached hydrogens (primary N) is 1. The number of aliphatic imine (C=N–C) groups is 1. The monoisotopic (exact) mass is 758 g/mol. The molecule has 2 aliphatic rings. The molecule has 4 rings (SSSR count). The Labute approximate surface area is 307 Å². The van der Waals surface area contributed by atoms with Crippen molar-refractivity contribution in [3.05, 3.63) is 69.8 Å². The van der Waals surface area contributed by atoms with E-state index >= 15 is 0 Å². The standard InChI is InChI=1S/C34H46N8O10S/c1-41(33(46)26(13-8-16-36-34(35)39-42(47)48)40-53(49,50)21-24-11-6-3-7-12-24)20-30(43)38-27(17-23-9-4-2-5-10-23)31(44)32(45)37-19-25-14-15-28-29(18-25)52-22-51-28/h3,6-7,11-12,14-15,18,23,26-27,40H,2,4-5,8-10,13,16-17,19-22H2,1H3,(H,37,45)(H,38,43)(H3,35,36,39)/t26-,27-/m0/s1. The highest BCUT2D eigenvalue weighted by Gasteiger charge is 2.32. The summed E-state index contributed by atoms with van der Waals surface area (Å²) in [6.45, 7) is -0.480. The lowest BCUT2D eigenvalue weighted by Crippen LogP contribution is -2.53. The Hall–Kier alpha value is -5.30. The summed E-state index contributed by atoms with van der Waals surface area (Å²) in [5.74, 6) is -2.82. The van der Waals surface area contributed by atoms with Crippen LogP contribution in [-0.4, -0.2) is 86.8 Å². The number of rotatable bonds is 19. The van der Waals surface area contributed by atoms with Crippen LogP contribution in [0.5, 0.6) is 11.5 Å². The van der Waals surface area contributed by atoms with Crippen LogP contribution in [0.25, 0.3) is 0 Å². The van der Waals surface area contributed by atoms with Crippen molar-refractivity contribution >= 4 is 39.5 Å². The zero-order valence-electron chi connectivity index (χ0n) is 29.5. The summed E-state index contributed by atoms with van der Waals surface area (Å²) in [5.41, 5.74) is 8.31. The maximum absolute atomic E-state index is 13.6. The van der Waals surface area contributed by atoms with Crippen molar-refractivity contribution in [1.82, 2.24) is 25.7 Å². The molecule has 3 amide bonds. The van der Waals surface area contributed by atoms with Crippen molar-refractivity contribution in [3.8, 4) is 11.5 Å². The lowest BCUT2D eigenvalue weighted by Gasteiger charge is -2.28. The number of guanidine groups is 1. The first-order valence-electron chi connectivity index (χ1n) is 17.3. The van der Waals surface area contributed by atoms with Gasteiger partial charge in [-0.25, -0.2) is 28.2 Å². The van der Waals surface area contributed by atoms with Gasteiger partial charge in [-0.05, 0) is 48.4 Å². The molecule has 2 aromatic carbocycles. The largest absolute Gasteiger partial charge is 0.454 e. The number of nitro groups is 1. The number of amides is 3. The van der Waals surface area contributed by atoms with E-state index in [0.29, 0.717) is 22.6 Å². The number of fused-ring (bicyclic) bond motifs is 1. The molecule has 2 atom stereocenters. The summed E-state index contributed by atoms with van der Waals surface area (Å²) in [5, 5.41) is 15.0. The van der Waals surface area contributed by atoms with E-state index in [1.54, 1.807) is 54.0 Å². The molecule has 0 spiro atoms. The van der Waals surface area contributed by atoms with Crippen molar-refractivity contribution in [1.29, 1.82) is 0 Å². The topological polar surface area (TPSA) is 254 Å². The van der Waals surface area contributed by atoms with Gasteiger partial charge in [-0.1, -0.05) is 73.9 Å². The van der Waals surface area contributed by atoms with E-state index in [1.165, 1.54) is 7.05 Å². The van der Waals surface area contributed by atoms with Crippen LogP contribution >= 0.6 is 0 Å². The molecular formula is C34H46N8O10S. The van der Waals surface area contributed by atoms with Crippen LogP contribution in [0, 0.1) is 16.0 Å². The number of sulfonamides is 1. The number of hydrogen-bond acceptors (Lipinski definition) is 11. The van der Waals surface area contributed by atoms with Gasteiger partial charge in [0.15, 0.2) is 16.5 Å². The van der Waals surface area contributed by atoms with Crippen molar-refractivity contribution < 1.29 is 42.1 Å². The molecule has 6 N–H and O–H groups in total. The van der Waals surface area contributed by atoms with Crippen LogP contribution in [0.15, 0.2) is 53.5 Å². The van der Waals surface area contributed by atoms with E-state index in [4.69, 9.17) is 15.2 Å². The summed E-state index contributed by atoms with van der Waals surface area (Å²) in [4.78, 5) is 68.9. The van der Waals surface area contributed by atoms with Crippen molar-refractivity contribution in [2.45, 2.75) is 75.7 Å². The second kappa shape index (κ2) is 19.5. The number of ketones is 1. The Morgan fingerprint density at radius 2 is 1.74 bits per heavy atom. The van der Waals surface area contributed by atoms with Crippen LogP contribution in [0.3, 0.4) is 0 Å². The summed E-state index contributed by atoms with van der Waals surface area (Å²) in [6, 6.07) is 11.0. The van der Waals surface area contributed by atoms with Crippen LogP contribution in [0.4, 0.5) is 0 Å². The molecule has 0 saturated heterocycles. The molecule has 288 valence electrons. The number of ether oxygens (including phenoxy) is 2. The van der Waals surface area contributed by atoms with Gasteiger partial charge in [-0.15, -0.1) is 0 Å². The second-order valence-corrected chi connectivity index (χ2v) is 14.7. The van der Waals surface area contributed by atoms with Crippen LogP contribution in [0.1, 0.15) is 62.5 Å². The molecule has 0 unspecified atom stereocenters. The highest BCUT2D eigenvalue weighted by Crippen LogP contribution is 2.32. The third-order valence-corrected chi connectivity index (χ3v) is 10.1. The quantitative estimate of drug-likeness (QED) is 0.0334. The van der Waals surface area contributed by atoms with E-state index in [1.807, 2.05) is 0 Å². The fourth-order valence-electron chi connectivity index (χ4n) is 6.17. The molecule has 0 aromatic heterocycles. The first kappa shape index (κ1) is 40.5. The van der Waals surface area contributed by atoms with Gasteiger partial charge in [-0.3, -0.25) is 19.2 Å².